The van der Waals surface area contributed by atoms with E-state index in [9.17, 15) is 13.6 Å². The van der Waals surface area contributed by atoms with E-state index >= 15 is 0 Å². The Kier molecular flexibility index (Phi) is 6.13. The van der Waals surface area contributed by atoms with E-state index in [1.54, 1.807) is 30.0 Å². The molecule has 0 radical (unpaired) electrons. The molecular formula is C23H21ClF2N4O. The van der Waals surface area contributed by atoms with Crippen LogP contribution < -0.4 is 5.32 Å². The van der Waals surface area contributed by atoms with E-state index in [-0.39, 0.29) is 34.3 Å². The summed E-state index contributed by atoms with van der Waals surface area (Å²) in [5.41, 5.74) is 2.99. The van der Waals surface area contributed by atoms with Crippen LogP contribution in [0.4, 0.5) is 20.2 Å². The number of aryl methyl sites for hydroxylation is 1. The second-order valence-electron chi connectivity index (χ2n) is 7.63. The maximum atomic E-state index is 13.4. The van der Waals surface area contributed by atoms with E-state index in [4.69, 9.17) is 11.6 Å². The van der Waals surface area contributed by atoms with Gasteiger partial charge in [-0.2, -0.15) is 0 Å². The van der Waals surface area contributed by atoms with Crippen LogP contribution in [0.15, 0.2) is 48.5 Å². The van der Waals surface area contributed by atoms with Crippen molar-refractivity contribution in [3.63, 3.8) is 0 Å². The van der Waals surface area contributed by atoms with Crippen molar-refractivity contribution in [2.75, 3.05) is 18.4 Å². The lowest BCUT2D eigenvalue weighted by atomic mass is 9.89. The van der Waals surface area contributed by atoms with Gasteiger partial charge in [0.05, 0.1) is 5.69 Å². The molecule has 1 aliphatic heterocycles. The fourth-order valence-electron chi connectivity index (χ4n) is 3.83. The Bertz CT molecular complexity index is 1100. The lowest BCUT2D eigenvalue weighted by Gasteiger charge is -2.32. The fourth-order valence-corrected chi connectivity index (χ4v) is 3.98. The normalized spacial score (nSPS) is 14.5. The molecule has 2 aromatic carbocycles. The van der Waals surface area contributed by atoms with E-state index in [1.165, 1.54) is 30.3 Å². The van der Waals surface area contributed by atoms with Gasteiger partial charge in [0, 0.05) is 24.8 Å². The molecule has 0 bridgehead atoms. The summed E-state index contributed by atoms with van der Waals surface area (Å²) in [5, 5.41) is 11.1. The first kappa shape index (κ1) is 21.2. The monoisotopic (exact) mass is 442 g/mol. The molecule has 4 rings (SSSR count). The first-order valence-electron chi connectivity index (χ1n) is 10.0. The summed E-state index contributed by atoms with van der Waals surface area (Å²) in [5.74, 6) is -0.562. The molecule has 0 spiro atoms. The van der Waals surface area contributed by atoms with Gasteiger partial charge >= 0.3 is 0 Å². The first-order chi connectivity index (χ1) is 14.9. The average molecular weight is 443 g/mol. The van der Waals surface area contributed by atoms with Crippen LogP contribution in [0.5, 0.6) is 0 Å². The van der Waals surface area contributed by atoms with Crippen LogP contribution in [0.2, 0.25) is 5.15 Å². The lowest BCUT2D eigenvalue weighted by molar-refractivity contribution is 0.0707. The molecule has 2 heterocycles. The van der Waals surface area contributed by atoms with Gasteiger partial charge in [-0.1, -0.05) is 23.7 Å². The van der Waals surface area contributed by atoms with Gasteiger partial charge < -0.3 is 10.2 Å². The number of nitrogens with one attached hydrogen (secondary N) is 1. The second kappa shape index (κ2) is 8.98. The number of hydrogen-bond donors (Lipinski definition) is 1. The van der Waals surface area contributed by atoms with Gasteiger partial charge in [0.25, 0.3) is 5.91 Å². The van der Waals surface area contributed by atoms with Crippen LogP contribution in [0.3, 0.4) is 0 Å². The number of benzene rings is 2. The highest BCUT2D eigenvalue weighted by Gasteiger charge is 2.27. The smallest absolute Gasteiger partial charge is 0.276 e. The molecule has 1 N–H and O–H groups in total. The van der Waals surface area contributed by atoms with Crippen LogP contribution >= 0.6 is 11.6 Å². The number of anilines is 2. The molecule has 1 aliphatic rings. The standard InChI is InChI=1S/C23H21ClF2N4O/c1-14-12-18(26)6-7-19(14)27-20-13-21(24)28-29-22(20)23(31)30-10-8-16(9-11-30)15-2-4-17(25)5-3-15/h2-7,12-13,16H,8-11H2,1H3,(H,27,28). The molecule has 1 saturated heterocycles. The first-order valence-corrected chi connectivity index (χ1v) is 10.4. The number of halogens is 3. The quantitative estimate of drug-likeness (QED) is 0.581. The SMILES string of the molecule is Cc1cc(F)ccc1Nc1cc(Cl)nnc1C(=O)N1CCC(c2ccc(F)cc2)CC1. The molecule has 0 atom stereocenters. The van der Waals surface area contributed by atoms with Gasteiger partial charge in [-0.05, 0) is 67.1 Å². The maximum absolute atomic E-state index is 13.4. The van der Waals surface area contributed by atoms with Crippen molar-refractivity contribution in [3.8, 4) is 0 Å². The van der Waals surface area contributed by atoms with Crippen molar-refractivity contribution in [1.82, 2.24) is 15.1 Å². The maximum Gasteiger partial charge on any atom is 0.276 e. The number of nitrogens with zero attached hydrogens (tertiary/aromatic N) is 3. The molecule has 0 aliphatic carbocycles. The molecule has 5 nitrogen and oxygen atoms in total. The van der Waals surface area contributed by atoms with Crippen LogP contribution in [-0.4, -0.2) is 34.1 Å². The molecule has 0 saturated carbocycles. The predicted molar refractivity (Wildman–Crippen MR) is 116 cm³/mol. The Labute approximate surface area is 184 Å². The van der Waals surface area contributed by atoms with Gasteiger partial charge in [-0.25, -0.2) is 8.78 Å². The van der Waals surface area contributed by atoms with Crippen LogP contribution in [0.1, 0.15) is 40.4 Å². The largest absolute Gasteiger partial charge is 0.353 e. The lowest BCUT2D eigenvalue weighted by Crippen LogP contribution is -2.38. The zero-order valence-corrected chi connectivity index (χ0v) is 17.7. The minimum Gasteiger partial charge on any atom is -0.353 e. The Hall–Kier alpha value is -3.06. The summed E-state index contributed by atoms with van der Waals surface area (Å²) >= 11 is 6.01. The van der Waals surface area contributed by atoms with Crippen molar-refractivity contribution in [2.24, 2.45) is 0 Å². The van der Waals surface area contributed by atoms with Crippen molar-refractivity contribution < 1.29 is 13.6 Å². The number of hydrogen-bond acceptors (Lipinski definition) is 4. The van der Waals surface area contributed by atoms with E-state index < -0.39 is 0 Å². The number of aromatic nitrogens is 2. The summed E-state index contributed by atoms with van der Waals surface area (Å²) in [6.07, 6.45) is 1.55. The molecule has 1 aromatic heterocycles. The molecular weight excluding hydrogens is 422 g/mol. The van der Waals surface area contributed by atoms with Gasteiger partial charge in [0.15, 0.2) is 10.8 Å². The highest BCUT2D eigenvalue weighted by Crippen LogP contribution is 2.30. The molecule has 3 aromatic rings. The third-order valence-electron chi connectivity index (χ3n) is 5.55. The van der Waals surface area contributed by atoms with Gasteiger partial charge in [-0.3, -0.25) is 4.79 Å². The summed E-state index contributed by atoms with van der Waals surface area (Å²) in [6, 6.07) is 12.4. The van der Waals surface area contributed by atoms with Crippen molar-refractivity contribution in [1.29, 1.82) is 0 Å². The Morgan fingerprint density at radius 2 is 1.68 bits per heavy atom. The van der Waals surface area contributed by atoms with Crippen molar-refractivity contribution >= 4 is 28.9 Å². The summed E-state index contributed by atoms with van der Waals surface area (Å²) < 4.78 is 26.6. The van der Waals surface area contributed by atoms with Crippen LogP contribution in [0, 0.1) is 18.6 Å². The number of carbonyl (C=O) groups excluding carboxylic acids is 1. The van der Waals surface area contributed by atoms with E-state index in [0.717, 1.165) is 18.4 Å². The minimum atomic E-state index is -0.339. The van der Waals surface area contributed by atoms with E-state index in [1.807, 2.05) is 0 Å². The highest BCUT2D eigenvalue weighted by atomic mass is 35.5. The number of rotatable bonds is 4. The molecule has 1 amide bonds. The van der Waals surface area contributed by atoms with E-state index in [0.29, 0.717) is 30.0 Å². The Morgan fingerprint density at radius 3 is 2.35 bits per heavy atom. The van der Waals surface area contributed by atoms with Crippen molar-refractivity contribution in [3.05, 3.63) is 82.1 Å². The fraction of sp³-hybridized carbons (Fsp3) is 0.261. The topological polar surface area (TPSA) is 58.1 Å². The zero-order chi connectivity index (χ0) is 22.0. The third-order valence-corrected chi connectivity index (χ3v) is 5.73. The summed E-state index contributed by atoms with van der Waals surface area (Å²) in [4.78, 5) is 14.9. The zero-order valence-electron chi connectivity index (χ0n) is 16.9. The van der Waals surface area contributed by atoms with Gasteiger partial charge in [-0.15, -0.1) is 10.2 Å². The molecule has 31 heavy (non-hydrogen) atoms. The predicted octanol–water partition coefficient (Wildman–Crippen LogP) is 5.48. The highest BCUT2D eigenvalue weighted by molar-refractivity contribution is 6.29. The Morgan fingerprint density at radius 1 is 1.00 bits per heavy atom. The van der Waals surface area contributed by atoms with Gasteiger partial charge in [0.2, 0.25) is 0 Å². The molecule has 0 unspecified atom stereocenters. The molecule has 160 valence electrons. The van der Waals surface area contributed by atoms with Crippen LogP contribution in [-0.2, 0) is 0 Å². The summed E-state index contributed by atoms with van der Waals surface area (Å²) in [6.45, 7) is 2.88. The molecule has 1 fully saturated rings. The van der Waals surface area contributed by atoms with Crippen molar-refractivity contribution in [2.45, 2.75) is 25.7 Å². The third kappa shape index (κ3) is 4.82. The number of piperidine rings is 1. The van der Waals surface area contributed by atoms with E-state index in [2.05, 4.69) is 15.5 Å². The number of carbonyl (C=O) groups is 1. The number of likely N-dealkylation sites (tertiary alicyclic amines) is 1. The second-order valence-corrected chi connectivity index (χ2v) is 8.02. The molecule has 8 heteroatoms. The average Bonchev–Trinajstić information content (AvgIpc) is 2.76. The van der Waals surface area contributed by atoms with Gasteiger partial charge in [0.1, 0.15) is 11.6 Å². The summed E-state index contributed by atoms with van der Waals surface area (Å²) in [7, 11) is 0. The number of amides is 1. The minimum absolute atomic E-state index is 0.147. The van der Waals surface area contributed by atoms with Crippen LogP contribution in [0.25, 0.3) is 0 Å². The Balaban J connectivity index is 1.50.